The first-order chi connectivity index (χ1) is 12.3. The Labute approximate surface area is 146 Å². The zero-order chi connectivity index (χ0) is 18.5. The average Bonchev–Trinajstić information content (AvgIpc) is 3.02. The van der Waals surface area contributed by atoms with E-state index in [0.717, 1.165) is 0 Å². The summed E-state index contributed by atoms with van der Waals surface area (Å²) in [5.74, 6) is -4.22. The van der Waals surface area contributed by atoms with E-state index in [2.05, 4.69) is 9.97 Å². The van der Waals surface area contributed by atoms with E-state index in [1.807, 2.05) is 0 Å². The molecular formula is C18H15F2N3O3. The predicted octanol–water partition coefficient (Wildman–Crippen LogP) is 3.20. The largest absolute Gasteiger partial charge is 0.478 e. The molecule has 6 nitrogen and oxygen atoms in total. The molecule has 4 rings (SSSR count). The first kappa shape index (κ1) is 16.6. The topological polar surface area (TPSA) is 88.2 Å². The van der Waals surface area contributed by atoms with Crippen molar-refractivity contribution in [2.45, 2.75) is 24.9 Å². The minimum atomic E-state index is -2.70. The number of hydrogen-bond donors (Lipinski definition) is 2. The smallest absolute Gasteiger partial charge is 0.335 e. The van der Waals surface area contributed by atoms with Gasteiger partial charge in [0.25, 0.3) is 0 Å². The molecule has 0 radical (unpaired) electrons. The monoisotopic (exact) mass is 359 g/mol. The molecule has 0 amide bonds. The highest BCUT2D eigenvalue weighted by Gasteiger charge is 2.48. The number of carboxylic acids is 1. The third kappa shape index (κ3) is 2.82. The van der Waals surface area contributed by atoms with E-state index in [0.29, 0.717) is 16.9 Å². The molecule has 0 spiro atoms. The van der Waals surface area contributed by atoms with Gasteiger partial charge in [0, 0.05) is 30.6 Å². The van der Waals surface area contributed by atoms with Crippen molar-refractivity contribution in [1.82, 2.24) is 14.5 Å². The fourth-order valence-corrected chi connectivity index (χ4v) is 3.21. The van der Waals surface area contributed by atoms with Gasteiger partial charge in [-0.25, -0.2) is 23.5 Å². The summed E-state index contributed by atoms with van der Waals surface area (Å²) in [4.78, 5) is 19.6. The molecule has 0 unspecified atom stereocenters. The number of rotatable bonds is 4. The van der Waals surface area contributed by atoms with Gasteiger partial charge in [-0.3, -0.25) is 4.57 Å². The summed E-state index contributed by atoms with van der Waals surface area (Å²) in [5.41, 5.74) is 2.22. The highest BCUT2D eigenvalue weighted by molar-refractivity contribution is 5.87. The van der Waals surface area contributed by atoms with Crippen LogP contribution in [0.4, 0.5) is 8.78 Å². The Morgan fingerprint density at radius 3 is 2.54 bits per heavy atom. The molecule has 1 fully saturated rings. The van der Waals surface area contributed by atoms with Gasteiger partial charge >= 0.3 is 5.97 Å². The molecule has 3 aromatic rings. The predicted molar refractivity (Wildman–Crippen MR) is 88.5 cm³/mol. The first-order valence-electron chi connectivity index (χ1n) is 8.08. The van der Waals surface area contributed by atoms with Gasteiger partial charge in [0.2, 0.25) is 5.92 Å². The highest BCUT2D eigenvalue weighted by atomic mass is 19.3. The Bertz CT molecular complexity index is 977. The number of carbonyl (C=O) groups is 1. The molecule has 1 aliphatic rings. The third-order valence-corrected chi connectivity index (χ3v) is 4.67. The van der Waals surface area contributed by atoms with Gasteiger partial charge in [-0.05, 0) is 30.3 Å². The number of fused-ring (bicyclic) bond motifs is 1. The molecule has 0 aliphatic heterocycles. The van der Waals surface area contributed by atoms with Crippen LogP contribution in [-0.2, 0) is 0 Å². The second-order valence-corrected chi connectivity index (χ2v) is 6.51. The number of nitrogens with zero attached hydrogens (tertiary/aromatic N) is 3. The van der Waals surface area contributed by atoms with Crippen LogP contribution in [0.3, 0.4) is 0 Å². The maximum atomic E-state index is 13.0. The van der Waals surface area contributed by atoms with E-state index >= 15 is 0 Å². The van der Waals surface area contributed by atoms with Gasteiger partial charge in [-0.1, -0.05) is 0 Å². The van der Waals surface area contributed by atoms with Crippen LogP contribution in [-0.4, -0.2) is 36.6 Å². The normalized spacial score (nSPS) is 17.8. The lowest BCUT2D eigenvalue weighted by Gasteiger charge is -2.37. The van der Waals surface area contributed by atoms with Crippen LogP contribution >= 0.6 is 0 Å². The lowest BCUT2D eigenvalue weighted by atomic mass is 9.77. The van der Waals surface area contributed by atoms with Crippen molar-refractivity contribution in [3.8, 4) is 5.69 Å². The van der Waals surface area contributed by atoms with Gasteiger partial charge in [0.15, 0.2) is 5.65 Å². The summed E-state index contributed by atoms with van der Waals surface area (Å²) < 4.78 is 27.7. The van der Waals surface area contributed by atoms with Gasteiger partial charge in [0.1, 0.15) is 11.6 Å². The number of aliphatic hydroxyl groups excluding tert-OH is 1. The molecule has 0 saturated heterocycles. The van der Waals surface area contributed by atoms with Crippen LogP contribution in [0.1, 0.15) is 35.0 Å². The van der Waals surface area contributed by atoms with Crippen LogP contribution in [0, 0.1) is 5.92 Å². The lowest BCUT2D eigenvalue weighted by molar-refractivity contribution is -0.143. The van der Waals surface area contributed by atoms with Gasteiger partial charge < -0.3 is 10.2 Å². The molecule has 1 saturated carbocycles. The van der Waals surface area contributed by atoms with Crippen molar-refractivity contribution < 1.29 is 23.8 Å². The fourth-order valence-electron chi connectivity index (χ4n) is 3.21. The summed E-state index contributed by atoms with van der Waals surface area (Å²) >= 11 is 0. The van der Waals surface area contributed by atoms with Crippen LogP contribution < -0.4 is 0 Å². The molecule has 1 aliphatic carbocycles. The minimum Gasteiger partial charge on any atom is -0.478 e. The van der Waals surface area contributed by atoms with Crippen molar-refractivity contribution in [2.75, 3.05) is 0 Å². The highest BCUT2D eigenvalue weighted by Crippen LogP contribution is 2.47. The third-order valence-electron chi connectivity index (χ3n) is 4.67. The summed E-state index contributed by atoms with van der Waals surface area (Å²) in [5, 5.41) is 19.2. The number of aromatic carboxylic acids is 1. The molecule has 2 heterocycles. The second kappa shape index (κ2) is 5.84. The van der Waals surface area contributed by atoms with Gasteiger partial charge in [-0.2, -0.15) is 0 Å². The Morgan fingerprint density at radius 1 is 1.23 bits per heavy atom. The van der Waals surface area contributed by atoms with E-state index in [4.69, 9.17) is 5.11 Å². The number of alkyl halides is 2. The molecule has 134 valence electrons. The summed E-state index contributed by atoms with van der Waals surface area (Å²) in [6, 6.07) is 8.00. The van der Waals surface area contributed by atoms with E-state index in [9.17, 15) is 18.7 Å². The standard InChI is InChI=1S/C18H15F2N3O3/c19-18(20)7-11(8-18)15(24)14-9-21-16-13(22-14)5-6-23(16)12-3-1-10(2-4-12)17(25)26/h1-6,9,11,15,24H,7-8H2,(H,25,26)/t15-/m0/s1. The van der Waals surface area contributed by atoms with E-state index in [-0.39, 0.29) is 24.1 Å². The molecular weight excluding hydrogens is 344 g/mol. The Morgan fingerprint density at radius 2 is 1.92 bits per heavy atom. The molecule has 1 aromatic carbocycles. The first-order valence-corrected chi connectivity index (χ1v) is 8.08. The van der Waals surface area contributed by atoms with Crippen LogP contribution in [0.5, 0.6) is 0 Å². The SMILES string of the molecule is O=C(O)c1ccc(-n2ccc3nc([C@@H](O)C4CC(F)(F)C4)cnc32)cc1. The summed E-state index contributed by atoms with van der Waals surface area (Å²) in [6.45, 7) is 0. The van der Waals surface area contributed by atoms with E-state index in [1.165, 1.54) is 18.3 Å². The Hall–Kier alpha value is -2.87. The zero-order valence-electron chi connectivity index (χ0n) is 13.5. The van der Waals surface area contributed by atoms with Gasteiger partial charge in [-0.15, -0.1) is 0 Å². The van der Waals surface area contributed by atoms with Gasteiger partial charge in [0.05, 0.1) is 17.5 Å². The number of hydrogen-bond acceptors (Lipinski definition) is 4. The fraction of sp³-hybridized carbons (Fsp3) is 0.278. The Kier molecular flexibility index (Phi) is 3.73. The number of aliphatic hydroxyl groups is 1. The maximum absolute atomic E-state index is 13.0. The Balaban J connectivity index is 1.62. The maximum Gasteiger partial charge on any atom is 0.335 e. The van der Waals surface area contributed by atoms with Crippen molar-refractivity contribution >= 4 is 17.1 Å². The van der Waals surface area contributed by atoms with Crippen molar-refractivity contribution in [1.29, 1.82) is 0 Å². The molecule has 1 atom stereocenters. The summed E-state index contributed by atoms with van der Waals surface area (Å²) in [7, 11) is 0. The van der Waals surface area contributed by atoms with Crippen LogP contribution in [0.2, 0.25) is 0 Å². The molecule has 26 heavy (non-hydrogen) atoms. The van der Waals surface area contributed by atoms with Crippen molar-refractivity contribution in [2.24, 2.45) is 5.92 Å². The van der Waals surface area contributed by atoms with E-state index in [1.54, 1.807) is 29.0 Å². The van der Waals surface area contributed by atoms with Crippen LogP contribution in [0.25, 0.3) is 16.9 Å². The van der Waals surface area contributed by atoms with Crippen molar-refractivity contribution in [3.05, 3.63) is 54.0 Å². The lowest BCUT2D eigenvalue weighted by Crippen LogP contribution is -2.39. The minimum absolute atomic E-state index is 0.180. The molecule has 8 heteroatoms. The number of carboxylic acid groups (broad SMARTS) is 1. The second-order valence-electron chi connectivity index (χ2n) is 6.51. The van der Waals surface area contributed by atoms with Crippen LogP contribution in [0.15, 0.2) is 42.7 Å². The molecule has 2 N–H and O–H groups in total. The molecule has 0 bridgehead atoms. The summed E-state index contributed by atoms with van der Waals surface area (Å²) in [6.07, 6.45) is 1.37. The van der Waals surface area contributed by atoms with Crippen molar-refractivity contribution in [3.63, 3.8) is 0 Å². The zero-order valence-corrected chi connectivity index (χ0v) is 13.5. The number of benzene rings is 1. The quantitative estimate of drug-likeness (QED) is 0.747. The van der Waals surface area contributed by atoms with E-state index < -0.39 is 23.9 Å². The average molecular weight is 359 g/mol. The number of halogens is 2. The molecule has 2 aromatic heterocycles. The number of aromatic nitrogens is 3.